The average Bonchev–Trinajstić information content (AvgIpc) is 1.89. The third kappa shape index (κ3) is 3.08. The highest BCUT2D eigenvalue weighted by atomic mass is 32.2. The smallest absolute Gasteiger partial charge is 0.0862 e. The Kier molecular flexibility index (Phi) is 4.27. The Morgan fingerprint density at radius 2 is 2.22 bits per heavy atom. The van der Waals surface area contributed by atoms with Crippen molar-refractivity contribution < 1.29 is 4.74 Å². The van der Waals surface area contributed by atoms with Crippen LogP contribution < -0.4 is 5.73 Å². The average molecular weight is 149 g/mol. The van der Waals surface area contributed by atoms with Crippen LogP contribution in [0.25, 0.3) is 0 Å². The summed E-state index contributed by atoms with van der Waals surface area (Å²) in [7, 11) is 1.70. The van der Waals surface area contributed by atoms with Crippen molar-refractivity contribution in [2.75, 3.05) is 25.7 Å². The summed E-state index contributed by atoms with van der Waals surface area (Å²) < 4.78 is 5.18. The molecule has 0 aromatic rings. The van der Waals surface area contributed by atoms with Crippen molar-refractivity contribution in [1.29, 1.82) is 0 Å². The van der Waals surface area contributed by atoms with E-state index in [1.165, 1.54) is 0 Å². The lowest BCUT2D eigenvalue weighted by Gasteiger charge is -2.24. The van der Waals surface area contributed by atoms with Crippen LogP contribution in [-0.4, -0.2) is 31.3 Å². The first kappa shape index (κ1) is 9.27. The summed E-state index contributed by atoms with van der Waals surface area (Å²) in [6.07, 6.45) is 2.05. The third-order valence-corrected chi connectivity index (χ3v) is 2.27. The predicted octanol–water partition coefficient (Wildman–Crippen LogP) is 0.713. The zero-order valence-corrected chi connectivity index (χ0v) is 7.12. The minimum Gasteiger partial charge on any atom is -0.376 e. The summed E-state index contributed by atoms with van der Waals surface area (Å²) in [5, 5.41) is 0. The Hall–Kier alpha value is 0.270. The fourth-order valence-corrected chi connectivity index (χ4v) is 1.35. The summed E-state index contributed by atoms with van der Waals surface area (Å²) in [5.74, 6) is 0.958. The van der Waals surface area contributed by atoms with Gasteiger partial charge in [0.1, 0.15) is 0 Å². The molecule has 0 aromatic carbocycles. The zero-order chi connectivity index (χ0) is 7.33. The second-order valence-electron chi connectivity index (χ2n) is 2.29. The van der Waals surface area contributed by atoms with Crippen molar-refractivity contribution in [3.63, 3.8) is 0 Å². The maximum absolute atomic E-state index is 5.47. The van der Waals surface area contributed by atoms with E-state index in [-0.39, 0.29) is 5.60 Å². The molecule has 3 heteroatoms. The van der Waals surface area contributed by atoms with E-state index in [1.54, 1.807) is 18.9 Å². The minimum atomic E-state index is -0.126. The first-order valence-electron chi connectivity index (χ1n) is 2.92. The Morgan fingerprint density at radius 1 is 1.67 bits per heavy atom. The van der Waals surface area contributed by atoms with E-state index in [2.05, 4.69) is 0 Å². The van der Waals surface area contributed by atoms with E-state index in [9.17, 15) is 0 Å². The molecule has 0 saturated heterocycles. The second-order valence-corrected chi connectivity index (χ2v) is 3.16. The van der Waals surface area contributed by atoms with E-state index in [0.29, 0.717) is 6.54 Å². The lowest BCUT2D eigenvalue weighted by molar-refractivity contribution is 0.0351. The molecule has 0 radical (unpaired) electrons. The van der Waals surface area contributed by atoms with Crippen LogP contribution in [0.15, 0.2) is 0 Å². The first-order chi connectivity index (χ1) is 4.18. The second kappa shape index (κ2) is 4.14. The molecule has 2 nitrogen and oxygen atoms in total. The van der Waals surface area contributed by atoms with E-state index in [4.69, 9.17) is 10.5 Å². The van der Waals surface area contributed by atoms with Crippen LogP contribution in [0.5, 0.6) is 0 Å². The van der Waals surface area contributed by atoms with E-state index in [0.717, 1.165) is 5.75 Å². The highest BCUT2D eigenvalue weighted by molar-refractivity contribution is 7.98. The molecule has 1 atom stereocenters. The molecule has 56 valence electrons. The van der Waals surface area contributed by atoms with Gasteiger partial charge in [0.25, 0.3) is 0 Å². The zero-order valence-electron chi connectivity index (χ0n) is 6.31. The summed E-state index contributed by atoms with van der Waals surface area (Å²) in [4.78, 5) is 0. The Labute approximate surface area is 61.1 Å². The van der Waals surface area contributed by atoms with Crippen molar-refractivity contribution in [2.24, 2.45) is 5.73 Å². The van der Waals surface area contributed by atoms with Crippen molar-refractivity contribution in [3.8, 4) is 0 Å². The molecule has 0 amide bonds. The van der Waals surface area contributed by atoms with Gasteiger partial charge in [-0.1, -0.05) is 0 Å². The molecule has 0 aliphatic rings. The Morgan fingerprint density at radius 3 is 2.33 bits per heavy atom. The van der Waals surface area contributed by atoms with E-state index in [1.807, 2.05) is 13.2 Å². The van der Waals surface area contributed by atoms with Gasteiger partial charge in [-0.15, -0.1) is 0 Å². The number of methoxy groups -OCH3 is 1. The van der Waals surface area contributed by atoms with Crippen molar-refractivity contribution in [3.05, 3.63) is 0 Å². The fraction of sp³-hybridized carbons (Fsp3) is 1.00. The van der Waals surface area contributed by atoms with Crippen LogP contribution >= 0.6 is 11.8 Å². The van der Waals surface area contributed by atoms with Crippen molar-refractivity contribution in [1.82, 2.24) is 0 Å². The molecule has 0 aromatic heterocycles. The lowest BCUT2D eigenvalue weighted by Crippen LogP contribution is -2.38. The van der Waals surface area contributed by atoms with Gasteiger partial charge in [-0.25, -0.2) is 0 Å². The topological polar surface area (TPSA) is 35.2 Å². The molecule has 1 unspecified atom stereocenters. The largest absolute Gasteiger partial charge is 0.376 e. The maximum Gasteiger partial charge on any atom is 0.0862 e. The Balaban J connectivity index is 3.62. The standard InChI is InChI=1S/C6H15NOS/c1-6(4-7,8-2)5-9-3/h4-5,7H2,1-3H3. The van der Waals surface area contributed by atoms with Crippen LogP contribution in [0.2, 0.25) is 0 Å². The number of hydrogen-bond acceptors (Lipinski definition) is 3. The maximum atomic E-state index is 5.47. The molecule has 0 spiro atoms. The quantitative estimate of drug-likeness (QED) is 0.639. The van der Waals surface area contributed by atoms with Crippen LogP contribution in [0.1, 0.15) is 6.92 Å². The van der Waals surface area contributed by atoms with Crippen LogP contribution in [0.3, 0.4) is 0 Å². The highest BCUT2D eigenvalue weighted by Gasteiger charge is 2.19. The van der Waals surface area contributed by atoms with Gasteiger partial charge in [-0.2, -0.15) is 11.8 Å². The predicted molar refractivity (Wildman–Crippen MR) is 42.9 cm³/mol. The highest BCUT2D eigenvalue weighted by Crippen LogP contribution is 2.12. The molecule has 0 saturated carbocycles. The van der Waals surface area contributed by atoms with Crippen LogP contribution in [-0.2, 0) is 4.74 Å². The van der Waals surface area contributed by atoms with Gasteiger partial charge in [0, 0.05) is 19.4 Å². The summed E-state index contributed by atoms with van der Waals surface area (Å²) in [6.45, 7) is 2.60. The summed E-state index contributed by atoms with van der Waals surface area (Å²) in [6, 6.07) is 0. The SMILES string of the molecule is COC(C)(CN)CSC. The number of ether oxygens (including phenoxy) is 1. The fourth-order valence-electron chi connectivity index (χ4n) is 0.507. The molecular formula is C6H15NOS. The van der Waals surface area contributed by atoms with Crippen molar-refractivity contribution >= 4 is 11.8 Å². The van der Waals surface area contributed by atoms with Gasteiger partial charge in [0.2, 0.25) is 0 Å². The molecule has 0 rings (SSSR count). The number of rotatable bonds is 4. The van der Waals surface area contributed by atoms with Gasteiger partial charge in [0.05, 0.1) is 5.60 Å². The lowest BCUT2D eigenvalue weighted by atomic mass is 10.1. The molecule has 0 aliphatic heterocycles. The molecule has 0 bridgehead atoms. The van der Waals surface area contributed by atoms with E-state index < -0.39 is 0 Å². The van der Waals surface area contributed by atoms with Crippen LogP contribution in [0.4, 0.5) is 0 Å². The van der Waals surface area contributed by atoms with Crippen molar-refractivity contribution in [2.45, 2.75) is 12.5 Å². The number of thioether (sulfide) groups is 1. The minimum absolute atomic E-state index is 0.126. The monoisotopic (exact) mass is 149 g/mol. The van der Waals surface area contributed by atoms with E-state index >= 15 is 0 Å². The van der Waals surface area contributed by atoms with Gasteiger partial charge in [-0.3, -0.25) is 0 Å². The molecular weight excluding hydrogens is 134 g/mol. The number of hydrogen-bond donors (Lipinski definition) is 1. The van der Waals surface area contributed by atoms with Crippen LogP contribution in [0, 0.1) is 0 Å². The van der Waals surface area contributed by atoms with Gasteiger partial charge in [0.15, 0.2) is 0 Å². The normalized spacial score (nSPS) is 17.3. The molecule has 0 heterocycles. The first-order valence-corrected chi connectivity index (χ1v) is 4.32. The molecule has 9 heavy (non-hydrogen) atoms. The summed E-state index contributed by atoms with van der Waals surface area (Å²) >= 11 is 1.75. The van der Waals surface area contributed by atoms with Gasteiger partial charge >= 0.3 is 0 Å². The van der Waals surface area contributed by atoms with Gasteiger partial charge in [-0.05, 0) is 13.2 Å². The number of nitrogens with two attached hydrogens (primary N) is 1. The van der Waals surface area contributed by atoms with Gasteiger partial charge < -0.3 is 10.5 Å². The third-order valence-electron chi connectivity index (χ3n) is 1.37. The molecule has 0 fully saturated rings. The molecule has 0 aliphatic carbocycles. The molecule has 2 N–H and O–H groups in total. The summed E-state index contributed by atoms with van der Waals surface area (Å²) in [5.41, 5.74) is 5.34. The Bertz CT molecular complexity index is 73.5.